The van der Waals surface area contributed by atoms with Crippen LogP contribution in [0.4, 0.5) is 0 Å². The van der Waals surface area contributed by atoms with E-state index in [1.54, 1.807) is 0 Å². The Balaban J connectivity index is 2.05. The number of thioether (sulfide) groups is 1. The quantitative estimate of drug-likeness (QED) is 0.800. The number of nitrogens with zero attached hydrogens (tertiary/aromatic N) is 1. The average molecular weight is 304 g/mol. The molecule has 2 nitrogen and oxygen atoms in total. The zero-order chi connectivity index (χ0) is 13.9. The molecule has 106 valence electrons. The van der Waals surface area contributed by atoms with E-state index in [4.69, 9.17) is 12.2 Å². The van der Waals surface area contributed by atoms with Crippen molar-refractivity contribution in [3.63, 3.8) is 0 Å². The zero-order valence-corrected chi connectivity index (χ0v) is 13.3. The lowest BCUT2D eigenvalue weighted by Gasteiger charge is -2.32. The van der Waals surface area contributed by atoms with Crippen molar-refractivity contribution >= 4 is 24.0 Å². The van der Waals surface area contributed by atoms with Crippen molar-refractivity contribution in [2.75, 3.05) is 6.26 Å². The molecule has 1 saturated carbocycles. The molecule has 0 bridgehead atoms. The van der Waals surface area contributed by atoms with Crippen LogP contribution in [0.3, 0.4) is 0 Å². The standard InChI is InChI=1S/C16H20N2S2/c1-20-15-10-6-5-9-13(15)18-14(11-17-16(18)19)12-7-3-2-4-8-12/h2-4,7-8,11,13,15H,5-6,9-10H2,1H3,(H,17,19). The smallest absolute Gasteiger partial charge is 0.177 e. The predicted octanol–water partition coefficient (Wildman–Crippen LogP) is 5.06. The zero-order valence-electron chi connectivity index (χ0n) is 11.7. The molecule has 1 aromatic carbocycles. The minimum atomic E-state index is 0.521. The summed E-state index contributed by atoms with van der Waals surface area (Å²) in [6.07, 6.45) is 9.47. The molecule has 0 aliphatic heterocycles. The molecule has 1 fully saturated rings. The van der Waals surface area contributed by atoms with E-state index < -0.39 is 0 Å². The molecule has 0 spiro atoms. The molecular formula is C16H20N2S2. The summed E-state index contributed by atoms with van der Waals surface area (Å²) in [6.45, 7) is 0. The van der Waals surface area contributed by atoms with Gasteiger partial charge in [0.15, 0.2) is 4.77 Å². The van der Waals surface area contributed by atoms with Crippen molar-refractivity contribution in [2.45, 2.75) is 37.0 Å². The Labute approximate surface area is 129 Å². The summed E-state index contributed by atoms with van der Waals surface area (Å²) >= 11 is 7.54. The third-order valence-electron chi connectivity index (χ3n) is 4.18. The van der Waals surface area contributed by atoms with Gasteiger partial charge in [-0.15, -0.1) is 0 Å². The summed E-state index contributed by atoms with van der Waals surface area (Å²) in [5, 5.41) is 0.675. The molecule has 4 heteroatoms. The van der Waals surface area contributed by atoms with Crippen LogP contribution in [-0.4, -0.2) is 21.1 Å². The van der Waals surface area contributed by atoms with E-state index in [-0.39, 0.29) is 0 Å². The number of nitrogens with one attached hydrogen (secondary N) is 1. The molecule has 1 N–H and O–H groups in total. The van der Waals surface area contributed by atoms with Crippen molar-refractivity contribution in [3.8, 4) is 11.3 Å². The first-order valence-electron chi connectivity index (χ1n) is 7.19. The highest BCUT2D eigenvalue weighted by Crippen LogP contribution is 2.38. The fourth-order valence-electron chi connectivity index (χ4n) is 3.19. The van der Waals surface area contributed by atoms with Crippen LogP contribution < -0.4 is 0 Å². The first-order chi connectivity index (χ1) is 9.81. The van der Waals surface area contributed by atoms with E-state index in [2.05, 4.69) is 52.3 Å². The Morgan fingerprint density at radius 1 is 1.20 bits per heavy atom. The normalized spacial score (nSPS) is 22.9. The van der Waals surface area contributed by atoms with Gasteiger partial charge in [-0.05, 0) is 36.9 Å². The number of imidazole rings is 1. The van der Waals surface area contributed by atoms with Crippen molar-refractivity contribution in [3.05, 3.63) is 41.3 Å². The predicted molar refractivity (Wildman–Crippen MR) is 89.9 cm³/mol. The highest BCUT2D eigenvalue weighted by Gasteiger charge is 2.28. The summed E-state index contributed by atoms with van der Waals surface area (Å²) in [5.74, 6) is 0. The molecule has 0 radical (unpaired) electrons. The fourth-order valence-corrected chi connectivity index (χ4v) is 4.45. The van der Waals surface area contributed by atoms with Crippen molar-refractivity contribution in [2.24, 2.45) is 0 Å². The number of H-pyrrole nitrogens is 1. The summed E-state index contributed by atoms with van der Waals surface area (Å²) < 4.78 is 3.21. The Hall–Kier alpha value is -1.00. The maximum atomic E-state index is 5.55. The molecule has 2 unspecified atom stereocenters. The second-order valence-corrected chi connectivity index (χ2v) is 6.80. The number of benzene rings is 1. The third kappa shape index (κ3) is 2.59. The molecule has 0 amide bonds. The molecule has 0 saturated heterocycles. The first kappa shape index (κ1) is 14.0. The van der Waals surface area contributed by atoms with E-state index >= 15 is 0 Å². The van der Waals surface area contributed by atoms with Crippen LogP contribution in [0.2, 0.25) is 0 Å². The minimum absolute atomic E-state index is 0.521. The second-order valence-electron chi connectivity index (χ2n) is 5.34. The van der Waals surface area contributed by atoms with Crippen molar-refractivity contribution < 1.29 is 0 Å². The van der Waals surface area contributed by atoms with Gasteiger partial charge in [-0.1, -0.05) is 43.2 Å². The second kappa shape index (κ2) is 6.19. The highest BCUT2D eigenvalue weighted by molar-refractivity contribution is 7.99. The van der Waals surface area contributed by atoms with Crippen LogP contribution in [0.25, 0.3) is 11.3 Å². The molecule has 2 aromatic rings. The van der Waals surface area contributed by atoms with Gasteiger partial charge in [0.05, 0.1) is 5.69 Å². The molecule has 1 aliphatic carbocycles. The molecule has 20 heavy (non-hydrogen) atoms. The molecule has 3 rings (SSSR count). The van der Waals surface area contributed by atoms with Crippen LogP contribution in [-0.2, 0) is 0 Å². The summed E-state index contributed by atoms with van der Waals surface area (Å²) in [7, 11) is 0. The number of aromatic nitrogens is 2. The Morgan fingerprint density at radius 3 is 2.70 bits per heavy atom. The van der Waals surface area contributed by atoms with Crippen LogP contribution >= 0.6 is 24.0 Å². The Morgan fingerprint density at radius 2 is 1.95 bits per heavy atom. The van der Waals surface area contributed by atoms with E-state index in [9.17, 15) is 0 Å². The van der Waals surface area contributed by atoms with Crippen molar-refractivity contribution in [1.29, 1.82) is 0 Å². The van der Waals surface area contributed by atoms with E-state index in [1.165, 1.54) is 36.9 Å². The van der Waals surface area contributed by atoms with Gasteiger partial charge in [0.1, 0.15) is 0 Å². The summed E-state index contributed by atoms with van der Waals surface area (Å²) in [4.78, 5) is 3.25. The lowest BCUT2D eigenvalue weighted by atomic mass is 9.94. The van der Waals surface area contributed by atoms with Crippen LogP contribution in [0.1, 0.15) is 31.7 Å². The van der Waals surface area contributed by atoms with E-state index in [0.29, 0.717) is 11.3 Å². The van der Waals surface area contributed by atoms with Gasteiger partial charge in [-0.3, -0.25) is 0 Å². The molecule has 1 aromatic heterocycles. The monoisotopic (exact) mass is 304 g/mol. The van der Waals surface area contributed by atoms with Crippen LogP contribution in [0.15, 0.2) is 36.5 Å². The van der Waals surface area contributed by atoms with Gasteiger partial charge in [0.2, 0.25) is 0 Å². The molecule has 2 atom stereocenters. The van der Waals surface area contributed by atoms with E-state index in [1.807, 2.05) is 11.8 Å². The van der Waals surface area contributed by atoms with Gasteiger partial charge in [-0.2, -0.15) is 11.8 Å². The van der Waals surface area contributed by atoms with Gasteiger partial charge in [0, 0.05) is 17.5 Å². The number of hydrogen-bond donors (Lipinski definition) is 1. The summed E-state index contributed by atoms with van der Waals surface area (Å²) in [5.41, 5.74) is 2.46. The van der Waals surface area contributed by atoms with Crippen molar-refractivity contribution in [1.82, 2.24) is 9.55 Å². The SMILES string of the molecule is CSC1CCCCC1n1c(-c2ccccc2)c[nH]c1=S. The first-order valence-corrected chi connectivity index (χ1v) is 8.89. The maximum absolute atomic E-state index is 5.55. The highest BCUT2D eigenvalue weighted by atomic mass is 32.2. The number of rotatable bonds is 3. The van der Waals surface area contributed by atoms with Gasteiger partial charge in [0.25, 0.3) is 0 Å². The third-order valence-corrected chi connectivity index (χ3v) is 5.65. The Kier molecular flexibility index (Phi) is 4.32. The van der Waals surface area contributed by atoms with E-state index in [0.717, 1.165) is 4.77 Å². The Bertz CT molecular complexity index is 615. The lowest BCUT2D eigenvalue weighted by Crippen LogP contribution is -2.25. The van der Waals surface area contributed by atoms with Gasteiger partial charge in [-0.25, -0.2) is 0 Å². The topological polar surface area (TPSA) is 20.7 Å². The number of hydrogen-bond acceptors (Lipinski definition) is 2. The van der Waals surface area contributed by atoms with Crippen LogP contribution in [0.5, 0.6) is 0 Å². The largest absolute Gasteiger partial charge is 0.337 e. The summed E-state index contributed by atoms with van der Waals surface area (Å²) in [6, 6.07) is 11.1. The molecular weight excluding hydrogens is 284 g/mol. The van der Waals surface area contributed by atoms with Gasteiger partial charge < -0.3 is 9.55 Å². The minimum Gasteiger partial charge on any atom is -0.337 e. The molecule has 1 aliphatic rings. The molecule has 1 heterocycles. The fraction of sp³-hybridized carbons (Fsp3) is 0.438. The van der Waals surface area contributed by atoms with Gasteiger partial charge >= 0.3 is 0 Å². The average Bonchev–Trinajstić information content (AvgIpc) is 2.89. The lowest BCUT2D eigenvalue weighted by molar-refractivity contribution is 0.364. The maximum Gasteiger partial charge on any atom is 0.177 e. The van der Waals surface area contributed by atoms with Crippen LogP contribution in [0, 0.1) is 4.77 Å². The number of aromatic amines is 1.